The van der Waals surface area contributed by atoms with Crippen molar-refractivity contribution in [1.82, 2.24) is 19.5 Å². The SMILES string of the molecule is C=C1[C@H](COCCCC)CC[C@@H]1n1cnc2c(=O)[nH]c(N)nc21. The van der Waals surface area contributed by atoms with Gasteiger partial charge < -0.3 is 15.0 Å². The average molecular weight is 317 g/mol. The summed E-state index contributed by atoms with van der Waals surface area (Å²) in [5, 5.41) is 0. The highest BCUT2D eigenvalue weighted by Crippen LogP contribution is 2.39. The Morgan fingerprint density at radius 1 is 1.52 bits per heavy atom. The molecule has 0 bridgehead atoms. The molecule has 23 heavy (non-hydrogen) atoms. The zero-order valence-corrected chi connectivity index (χ0v) is 13.4. The molecule has 0 aliphatic heterocycles. The van der Waals surface area contributed by atoms with E-state index >= 15 is 0 Å². The highest BCUT2D eigenvalue weighted by Gasteiger charge is 2.31. The summed E-state index contributed by atoms with van der Waals surface area (Å²) >= 11 is 0. The number of anilines is 1. The molecular weight excluding hydrogens is 294 g/mol. The fourth-order valence-electron chi connectivity index (χ4n) is 3.15. The van der Waals surface area contributed by atoms with Gasteiger partial charge in [0.1, 0.15) is 0 Å². The van der Waals surface area contributed by atoms with Crippen LogP contribution in [0.3, 0.4) is 0 Å². The topological polar surface area (TPSA) is 98.8 Å². The average Bonchev–Trinajstić information content (AvgIpc) is 3.08. The van der Waals surface area contributed by atoms with Crippen LogP contribution in [0.15, 0.2) is 23.3 Å². The van der Waals surface area contributed by atoms with E-state index in [1.807, 2.05) is 4.57 Å². The van der Waals surface area contributed by atoms with E-state index in [-0.39, 0.29) is 17.5 Å². The molecule has 3 N–H and O–H groups in total. The van der Waals surface area contributed by atoms with E-state index in [1.165, 1.54) is 0 Å². The Bertz CT molecular complexity index is 763. The van der Waals surface area contributed by atoms with Crippen LogP contribution >= 0.6 is 0 Å². The lowest BCUT2D eigenvalue weighted by molar-refractivity contribution is 0.108. The Morgan fingerprint density at radius 3 is 3.13 bits per heavy atom. The second kappa shape index (κ2) is 6.54. The number of unbranched alkanes of at least 4 members (excludes halogenated alkanes) is 1. The van der Waals surface area contributed by atoms with Crippen LogP contribution in [0.2, 0.25) is 0 Å². The van der Waals surface area contributed by atoms with E-state index in [0.717, 1.165) is 37.9 Å². The van der Waals surface area contributed by atoms with Gasteiger partial charge in [0.25, 0.3) is 5.56 Å². The predicted octanol–water partition coefficient (Wildman–Crippen LogP) is 2.03. The highest BCUT2D eigenvalue weighted by molar-refractivity contribution is 5.70. The van der Waals surface area contributed by atoms with Crippen LogP contribution in [0.5, 0.6) is 0 Å². The first-order valence-corrected chi connectivity index (χ1v) is 8.10. The van der Waals surface area contributed by atoms with Gasteiger partial charge in [-0.05, 0) is 24.8 Å². The molecule has 2 atom stereocenters. The molecule has 0 spiro atoms. The number of nitrogens with zero attached hydrogens (tertiary/aromatic N) is 3. The summed E-state index contributed by atoms with van der Waals surface area (Å²) in [6.45, 7) is 7.91. The number of aromatic amines is 1. The third-order valence-electron chi connectivity index (χ3n) is 4.49. The van der Waals surface area contributed by atoms with Crippen molar-refractivity contribution in [2.24, 2.45) is 5.92 Å². The Morgan fingerprint density at radius 2 is 2.35 bits per heavy atom. The Balaban J connectivity index is 1.78. The first kappa shape index (κ1) is 15.7. The summed E-state index contributed by atoms with van der Waals surface area (Å²) in [6.07, 6.45) is 5.84. The quantitative estimate of drug-likeness (QED) is 0.627. The molecular formula is C16H23N5O2. The van der Waals surface area contributed by atoms with Crippen molar-refractivity contribution in [3.63, 3.8) is 0 Å². The minimum atomic E-state index is -0.311. The molecule has 1 aliphatic carbocycles. The van der Waals surface area contributed by atoms with Crippen molar-refractivity contribution < 1.29 is 4.74 Å². The molecule has 0 aromatic carbocycles. The second-order valence-electron chi connectivity index (χ2n) is 6.07. The monoisotopic (exact) mass is 317 g/mol. The van der Waals surface area contributed by atoms with Crippen molar-refractivity contribution in [3.8, 4) is 0 Å². The predicted molar refractivity (Wildman–Crippen MR) is 89.2 cm³/mol. The summed E-state index contributed by atoms with van der Waals surface area (Å²) in [7, 11) is 0. The number of imidazole rings is 1. The van der Waals surface area contributed by atoms with Crippen molar-refractivity contribution in [2.45, 2.75) is 38.6 Å². The molecule has 1 fully saturated rings. The van der Waals surface area contributed by atoms with Gasteiger partial charge in [0.05, 0.1) is 19.0 Å². The van der Waals surface area contributed by atoms with Crippen LogP contribution in [-0.2, 0) is 4.74 Å². The summed E-state index contributed by atoms with van der Waals surface area (Å²) < 4.78 is 7.66. The number of rotatable bonds is 6. The molecule has 0 saturated heterocycles. The van der Waals surface area contributed by atoms with Gasteiger partial charge >= 0.3 is 0 Å². The Kier molecular flexibility index (Phi) is 4.47. The van der Waals surface area contributed by atoms with Crippen molar-refractivity contribution in [3.05, 3.63) is 28.8 Å². The third kappa shape index (κ3) is 3.01. The minimum Gasteiger partial charge on any atom is -0.381 e. The van der Waals surface area contributed by atoms with Gasteiger partial charge in [-0.2, -0.15) is 4.98 Å². The molecule has 2 aromatic heterocycles. The first-order valence-electron chi connectivity index (χ1n) is 8.10. The second-order valence-corrected chi connectivity index (χ2v) is 6.07. The molecule has 1 aliphatic rings. The number of hydrogen-bond donors (Lipinski definition) is 2. The number of nitrogen functional groups attached to an aromatic ring is 1. The summed E-state index contributed by atoms with van der Waals surface area (Å²) in [6, 6.07) is 0.0912. The Labute approximate surface area is 134 Å². The lowest BCUT2D eigenvalue weighted by atomic mass is 10.0. The van der Waals surface area contributed by atoms with E-state index in [0.29, 0.717) is 23.7 Å². The molecule has 0 radical (unpaired) electrons. The van der Waals surface area contributed by atoms with Gasteiger partial charge in [0, 0.05) is 12.5 Å². The van der Waals surface area contributed by atoms with E-state index in [9.17, 15) is 4.79 Å². The molecule has 0 unspecified atom stereocenters. The minimum absolute atomic E-state index is 0.0912. The van der Waals surface area contributed by atoms with Crippen LogP contribution in [0, 0.1) is 5.92 Å². The number of nitrogens with one attached hydrogen (secondary N) is 1. The standard InChI is InChI=1S/C16H23N5O2/c1-3-4-7-23-8-11-5-6-12(10(11)2)21-9-18-13-14(21)19-16(17)20-15(13)22/h9,11-12H,2-8H2,1H3,(H3,17,19,20,22)/t11-,12-/m0/s1. The lowest BCUT2D eigenvalue weighted by Gasteiger charge is -2.17. The van der Waals surface area contributed by atoms with Crippen LogP contribution < -0.4 is 11.3 Å². The maximum absolute atomic E-state index is 11.9. The van der Waals surface area contributed by atoms with E-state index < -0.39 is 0 Å². The van der Waals surface area contributed by atoms with Gasteiger partial charge in [-0.1, -0.05) is 19.9 Å². The summed E-state index contributed by atoms with van der Waals surface area (Å²) in [4.78, 5) is 22.8. The normalized spacial score (nSPS) is 21.3. The van der Waals surface area contributed by atoms with Crippen LogP contribution in [0.4, 0.5) is 5.95 Å². The van der Waals surface area contributed by atoms with Crippen LogP contribution in [-0.4, -0.2) is 32.7 Å². The smallest absolute Gasteiger partial charge is 0.280 e. The number of aromatic nitrogens is 4. The fraction of sp³-hybridized carbons (Fsp3) is 0.562. The number of hydrogen-bond acceptors (Lipinski definition) is 5. The Hall–Kier alpha value is -2.15. The molecule has 1 saturated carbocycles. The molecule has 2 heterocycles. The zero-order valence-electron chi connectivity index (χ0n) is 13.4. The number of ether oxygens (including phenoxy) is 1. The third-order valence-corrected chi connectivity index (χ3v) is 4.49. The van der Waals surface area contributed by atoms with Gasteiger partial charge in [-0.25, -0.2) is 4.98 Å². The van der Waals surface area contributed by atoms with Gasteiger partial charge in [-0.3, -0.25) is 9.78 Å². The molecule has 124 valence electrons. The van der Waals surface area contributed by atoms with Crippen molar-refractivity contribution in [1.29, 1.82) is 0 Å². The lowest BCUT2D eigenvalue weighted by Crippen LogP contribution is -2.15. The molecule has 0 amide bonds. The summed E-state index contributed by atoms with van der Waals surface area (Å²) in [5.41, 5.74) is 7.29. The number of H-pyrrole nitrogens is 1. The largest absolute Gasteiger partial charge is 0.381 e. The fourth-order valence-corrected chi connectivity index (χ4v) is 3.15. The molecule has 3 rings (SSSR count). The zero-order chi connectivity index (χ0) is 16.4. The molecule has 2 aromatic rings. The van der Waals surface area contributed by atoms with Gasteiger partial charge in [-0.15, -0.1) is 0 Å². The van der Waals surface area contributed by atoms with Crippen LogP contribution in [0.25, 0.3) is 11.2 Å². The van der Waals surface area contributed by atoms with Crippen molar-refractivity contribution >= 4 is 17.1 Å². The van der Waals surface area contributed by atoms with E-state index in [1.54, 1.807) is 6.33 Å². The van der Waals surface area contributed by atoms with Gasteiger partial charge in [0.15, 0.2) is 11.2 Å². The van der Waals surface area contributed by atoms with Crippen molar-refractivity contribution in [2.75, 3.05) is 18.9 Å². The van der Waals surface area contributed by atoms with E-state index in [4.69, 9.17) is 10.5 Å². The molecule has 7 heteroatoms. The van der Waals surface area contributed by atoms with Gasteiger partial charge in [0.2, 0.25) is 5.95 Å². The molecule has 7 nitrogen and oxygen atoms in total. The van der Waals surface area contributed by atoms with Crippen LogP contribution in [0.1, 0.15) is 38.6 Å². The summed E-state index contributed by atoms with van der Waals surface area (Å²) in [5.74, 6) is 0.445. The first-order chi connectivity index (χ1) is 11.1. The highest BCUT2D eigenvalue weighted by atomic mass is 16.5. The maximum Gasteiger partial charge on any atom is 0.280 e. The maximum atomic E-state index is 11.9. The number of nitrogens with two attached hydrogens (primary N) is 1. The number of fused-ring (bicyclic) bond motifs is 1. The van der Waals surface area contributed by atoms with E-state index in [2.05, 4.69) is 28.5 Å².